The molecule has 0 aliphatic heterocycles. The number of hydrogen-bond acceptors (Lipinski definition) is 3. The Hall–Kier alpha value is -1.62. The fourth-order valence-corrected chi connectivity index (χ4v) is 3.46. The first-order valence-corrected chi connectivity index (χ1v) is 8.62. The van der Waals surface area contributed by atoms with Crippen molar-refractivity contribution in [1.29, 1.82) is 0 Å². The molecule has 1 saturated carbocycles. The molecule has 0 bridgehead atoms. The minimum absolute atomic E-state index is 0. The molecule has 6 heteroatoms. The average Bonchev–Trinajstić information content (AvgIpc) is 2.60. The van der Waals surface area contributed by atoms with E-state index in [1.54, 1.807) is 12.4 Å². The minimum Gasteiger partial charge on any atom is -0.352 e. The van der Waals surface area contributed by atoms with E-state index < -0.39 is 0 Å². The third kappa shape index (κ3) is 5.44. The number of aromatic nitrogens is 1. The van der Waals surface area contributed by atoms with Crippen LogP contribution in [-0.4, -0.2) is 16.4 Å². The number of benzene rings is 1. The first-order chi connectivity index (χ1) is 11.6. The van der Waals surface area contributed by atoms with E-state index >= 15 is 0 Å². The van der Waals surface area contributed by atoms with E-state index in [4.69, 9.17) is 5.73 Å². The summed E-state index contributed by atoms with van der Waals surface area (Å²) in [5.74, 6) is 0.000234. The van der Waals surface area contributed by atoms with E-state index in [1.807, 2.05) is 19.1 Å². The Morgan fingerprint density at radius 2 is 1.73 bits per heavy atom. The molecular weight excluding hydrogens is 369 g/mol. The molecule has 1 heterocycles. The molecule has 2 atom stereocenters. The number of nitrogens with one attached hydrogen (secondary N) is 1. The van der Waals surface area contributed by atoms with Crippen molar-refractivity contribution in [2.24, 2.45) is 11.7 Å². The molecule has 4 nitrogen and oxygen atoms in total. The highest BCUT2D eigenvalue weighted by Gasteiger charge is 2.37. The number of carbonyl (C=O) groups excluding carboxylic acids is 1. The van der Waals surface area contributed by atoms with E-state index in [0.29, 0.717) is 6.54 Å². The van der Waals surface area contributed by atoms with Crippen molar-refractivity contribution in [2.45, 2.75) is 44.7 Å². The molecule has 1 amide bonds. The molecule has 3 rings (SSSR count). The molecule has 1 aliphatic carbocycles. The smallest absolute Gasteiger partial charge is 0.225 e. The molecule has 3 N–H and O–H groups in total. The molecule has 1 aliphatic rings. The van der Waals surface area contributed by atoms with Crippen molar-refractivity contribution in [1.82, 2.24) is 10.3 Å². The van der Waals surface area contributed by atoms with Crippen LogP contribution >= 0.6 is 24.8 Å². The average molecular weight is 396 g/mol. The second-order valence-electron chi connectivity index (χ2n) is 6.95. The second-order valence-corrected chi connectivity index (χ2v) is 6.95. The van der Waals surface area contributed by atoms with Gasteiger partial charge in [-0.05, 0) is 48.6 Å². The van der Waals surface area contributed by atoms with Crippen LogP contribution < -0.4 is 11.1 Å². The zero-order valence-electron chi connectivity index (χ0n) is 15.0. The Balaban J connectivity index is 0.00000169. The lowest BCUT2D eigenvalue weighted by molar-refractivity contribution is -0.128. The first-order valence-electron chi connectivity index (χ1n) is 8.62. The van der Waals surface area contributed by atoms with Crippen LogP contribution in [-0.2, 0) is 11.3 Å². The maximum Gasteiger partial charge on any atom is 0.225 e. The zero-order valence-corrected chi connectivity index (χ0v) is 16.6. The minimum atomic E-state index is -0.381. The van der Waals surface area contributed by atoms with E-state index in [-0.39, 0.29) is 42.2 Å². The van der Waals surface area contributed by atoms with Crippen molar-refractivity contribution < 1.29 is 4.79 Å². The predicted octanol–water partition coefficient (Wildman–Crippen LogP) is 4.12. The van der Waals surface area contributed by atoms with Gasteiger partial charge in [-0.15, -0.1) is 24.8 Å². The Kier molecular flexibility index (Phi) is 8.54. The summed E-state index contributed by atoms with van der Waals surface area (Å²) in [6, 6.07) is 12.2. The topological polar surface area (TPSA) is 68.0 Å². The van der Waals surface area contributed by atoms with Crippen LogP contribution in [0.25, 0.3) is 11.1 Å². The summed E-state index contributed by atoms with van der Waals surface area (Å²) >= 11 is 0. The number of pyridine rings is 1. The highest BCUT2D eigenvalue weighted by molar-refractivity contribution is 5.85. The van der Waals surface area contributed by atoms with Gasteiger partial charge >= 0.3 is 0 Å². The van der Waals surface area contributed by atoms with Gasteiger partial charge in [-0.1, -0.05) is 37.1 Å². The molecule has 26 heavy (non-hydrogen) atoms. The number of hydrogen-bond donors (Lipinski definition) is 2. The lowest BCUT2D eigenvalue weighted by Crippen LogP contribution is -2.52. The van der Waals surface area contributed by atoms with Crippen LogP contribution in [0.4, 0.5) is 0 Å². The molecular formula is C20H27Cl2N3O. The predicted molar refractivity (Wildman–Crippen MR) is 111 cm³/mol. The van der Waals surface area contributed by atoms with E-state index in [9.17, 15) is 4.79 Å². The molecule has 2 unspecified atom stereocenters. The normalized spacial score (nSPS) is 21.8. The molecule has 2 aromatic rings. The molecule has 1 fully saturated rings. The van der Waals surface area contributed by atoms with Crippen LogP contribution in [0.15, 0.2) is 48.8 Å². The van der Waals surface area contributed by atoms with Gasteiger partial charge in [-0.2, -0.15) is 0 Å². The third-order valence-electron chi connectivity index (χ3n) is 5.01. The number of rotatable bonds is 4. The van der Waals surface area contributed by atoms with Gasteiger partial charge in [-0.3, -0.25) is 9.78 Å². The lowest BCUT2D eigenvalue weighted by atomic mass is 9.74. The van der Waals surface area contributed by atoms with Gasteiger partial charge < -0.3 is 11.1 Å². The molecule has 142 valence electrons. The van der Waals surface area contributed by atoms with E-state index in [2.05, 4.69) is 34.6 Å². The number of carbonyl (C=O) groups is 1. The van der Waals surface area contributed by atoms with Gasteiger partial charge in [0.2, 0.25) is 5.91 Å². The van der Waals surface area contributed by atoms with Crippen LogP contribution in [0, 0.1) is 5.92 Å². The highest BCUT2D eigenvalue weighted by atomic mass is 35.5. The largest absolute Gasteiger partial charge is 0.352 e. The molecule has 0 radical (unpaired) electrons. The van der Waals surface area contributed by atoms with Gasteiger partial charge in [0.1, 0.15) is 0 Å². The number of nitrogens with zero attached hydrogens (tertiary/aromatic N) is 1. The van der Waals surface area contributed by atoms with Gasteiger partial charge in [-0.25, -0.2) is 0 Å². The lowest BCUT2D eigenvalue weighted by Gasteiger charge is -2.37. The fourth-order valence-electron chi connectivity index (χ4n) is 3.46. The van der Waals surface area contributed by atoms with Crippen LogP contribution in [0.3, 0.4) is 0 Å². The number of amides is 1. The Morgan fingerprint density at radius 1 is 1.12 bits per heavy atom. The zero-order chi connectivity index (χ0) is 17.0. The van der Waals surface area contributed by atoms with Gasteiger partial charge in [0.05, 0.1) is 5.92 Å². The number of halogens is 2. The quantitative estimate of drug-likeness (QED) is 0.817. The summed E-state index contributed by atoms with van der Waals surface area (Å²) in [4.78, 5) is 16.5. The summed E-state index contributed by atoms with van der Waals surface area (Å²) in [5.41, 5.74) is 9.31. The summed E-state index contributed by atoms with van der Waals surface area (Å²) in [5, 5.41) is 3.05. The number of nitrogens with two attached hydrogens (primary N) is 1. The van der Waals surface area contributed by atoms with Gasteiger partial charge in [0.15, 0.2) is 0 Å². The molecule has 1 aromatic carbocycles. The van der Waals surface area contributed by atoms with E-state index in [1.165, 1.54) is 0 Å². The maximum absolute atomic E-state index is 12.5. The summed E-state index contributed by atoms with van der Waals surface area (Å²) in [6.45, 7) is 2.54. The van der Waals surface area contributed by atoms with Crippen molar-refractivity contribution in [3.05, 3.63) is 54.4 Å². The van der Waals surface area contributed by atoms with Gasteiger partial charge in [0, 0.05) is 24.5 Å². The fraction of sp³-hybridized carbons (Fsp3) is 0.400. The highest BCUT2D eigenvalue weighted by Crippen LogP contribution is 2.31. The molecule has 1 aromatic heterocycles. The first kappa shape index (κ1) is 22.4. The molecule has 0 saturated heterocycles. The van der Waals surface area contributed by atoms with Crippen molar-refractivity contribution in [3.8, 4) is 11.1 Å². The Morgan fingerprint density at radius 3 is 2.35 bits per heavy atom. The summed E-state index contributed by atoms with van der Waals surface area (Å²) in [7, 11) is 0. The van der Waals surface area contributed by atoms with Gasteiger partial charge in [0.25, 0.3) is 0 Å². The third-order valence-corrected chi connectivity index (χ3v) is 5.01. The van der Waals surface area contributed by atoms with Crippen LogP contribution in [0.1, 0.15) is 38.2 Å². The second kappa shape index (κ2) is 9.91. The SMILES string of the molecule is CC1(N)CCCCC1C(=O)NCc1ccc(-c2ccncc2)cc1.Cl.Cl. The van der Waals surface area contributed by atoms with E-state index in [0.717, 1.165) is 42.4 Å². The van der Waals surface area contributed by atoms with Crippen molar-refractivity contribution in [2.75, 3.05) is 0 Å². The van der Waals surface area contributed by atoms with Crippen molar-refractivity contribution in [3.63, 3.8) is 0 Å². The molecule has 0 spiro atoms. The standard InChI is InChI=1S/C20H25N3O.2ClH/c1-20(21)11-3-2-4-18(20)19(24)23-14-15-5-7-16(8-6-15)17-9-12-22-13-10-17;;/h5-10,12-13,18H,2-4,11,14,21H2,1H3,(H,23,24);2*1H. The maximum atomic E-state index is 12.5. The summed E-state index contributed by atoms with van der Waals surface area (Å²) in [6.07, 6.45) is 7.60. The Bertz CT molecular complexity index is 690. The van der Waals surface area contributed by atoms with Crippen LogP contribution in [0.2, 0.25) is 0 Å². The van der Waals surface area contributed by atoms with Crippen molar-refractivity contribution >= 4 is 30.7 Å². The summed E-state index contributed by atoms with van der Waals surface area (Å²) < 4.78 is 0. The monoisotopic (exact) mass is 395 g/mol. The van der Waals surface area contributed by atoms with Crippen LogP contribution in [0.5, 0.6) is 0 Å². The Labute approximate surface area is 167 Å².